The monoisotopic (exact) mass is 390 g/mol. The lowest BCUT2D eigenvalue weighted by Crippen LogP contribution is -2.45. The third-order valence-corrected chi connectivity index (χ3v) is 3.65. The van der Waals surface area contributed by atoms with Gasteiger partial charge in [-0.2, -0.15) is 13.2 Å². The number of pyridine rings is 1. The van der Waals surface area contributed by atoms with Crippen LogP contribution in [-0.2, 0) is 11.3 Å². The third-order valence-electron chi connectivity index (χ3n) is 3.65. The summed E-state index contributed by atoms with van der Waals surface area (Å²) in [6.07, 6.45) is -2.93. The summed E-state index contributed by atoms with van der Waals surface area (Å²) < 4.78 is 46.5. The van der Waals surface area contributed by atoms with Crippen LogP contribution in [0.2, 0.25) is 0 Å². The second kappa shape index (κ2) is 10.3. The fourth-order valence-electron chi connectivity index (χ4n) is 2.19. The molecule has 0 amide bonds. The minimum absolute atomic E-state index is 0.00749. The lowest BCUT2D eigenvalue weighted by molar-refractivity contribution is -0.154. The highest BCUT2D eigenvalue weighted by molar-refractivity contribution is 5.79. The summed E-state index contributed by atoms with van der Waals surface area (Å²) in [6, 6.07) is 3.04. The number of rotatable bonds is 8. The number of halogens is 3. The molecule has 1 aromatic heterocycles. The molecule has 1 rings (SSSR count). The Morgan fingerprint density at radius 1 is 1.22 bits per heavy atom. The van der Waals surface area contributed by atoms with Gasteiger partial charge in [-0.25, -0.2) is 9.98 Å². The molecule has 0 spiro atoms. The van der Waals surface area contributed by atoms with Crippen LogP contribution in [0.25, 0.3) is 0 Å². The Kier molecular flexibility index (Phi) is 8.81. The number of nitrogens with one attached hydrogen (secondary N) is 2. The van der Waals surface area contributed by atoms with Crippen LogP contribution >= 0.6 is 0 Å². The number of hydrogen-bond donors (Lipinski definition) is 2. The molecule has 1 atom stereocenters. The van der Waals surface area contributed by atoms with E-state index in [0.29, 0.717) is 25.6 Å². The van der Waals surface area contributed by atoms with Gasteiger partial charge in [0.2, 0.25) is 5.88 Å². The molecule has 0 saturated heterocycles. The highest BCUT2D eigenvalue weighted by atomic mass is 19.4. The number of ether oxygens (including phenoxy) is 2. The van der Waals surface area contributed by atoms with Crippen LogP contribution in [0.4, 0.5) is 13.2 Å². The van der Waals surface area contributed by atoms with E-state index < -0.39 is 12.8 Å². The lowest BCUT2D eigenvalue weighted by atomic mass is 9.89. The second-order valence-electron chi connectivity index (χ2n) is 7.07. The lowest BCUT2D eigenvalue weighted by Gasteiger charge is -2.30. The molecular formula is C18H29F3N4O2. The van der Waals surface area contributed by atoms with E-state index in [0.717, 1.165) is 5.56 Å². The molecule has 1 heterocycles. The Morgan fingerprint density at radius 3 is 2.41 bits per heavy atom. The second-order valence-corrected chi connectivity index (χ2v) is 7.07. The Morgan fingerprint density at radius 2 is 1.93 bits per heavy atom. The van der Waals surface area contributed by atoms with E-state index in [9.17, 15) is 13.2 Å². The average molecular weight is 390 g/mol. The SMILES string of the molecule is CCNC(=NCc1ccc(OCC(F)(F)F)nc1)NCC(OC)C(C)(C)C. The quantitative estimate of drug-likeness (QED) is 0.527. The van der Waals surface area contributed by atoms with Crippen molar-refractivity contribution in [2.75, 3.05) is 26.8 Å². The van der Waals surface area contributed by atoms with E-state index in [2.05, 4.69) is 46.1 Å². The molecule has 27 heavy (non-hydrogen) atoms. The van der Waals surface area contributed by atoms with Crippen molar-refractivity contribution in [3.05, 3.63) is 23.9 Å². The van der Waals surface area contributed by atoms with Crippen molar-refractivity contribution in [2.24, 2.45) is 10.4 Å². The molecule has 2 N–H and O–H groups in total. The predicted octanol–water partition coefficient (Wildman–Crippen LogP) is 3.14. The van der Waals surface area contributed by atoms with E-state index in [1.165, 1.54) is 12.3 Å². The van der Waals surface area contributed by atoms with Crippen molar-refractivity contribution in [1.29, 1.82) is 0 Å². The Hall–Kier alpha value is -2.03. The minimum Gasteiger partial charge on any atom is -0.468 e. The van der Waals surface area contributed by atoms with Gasteiger partial charge in [-0.05, 0) is 17.9 Å². The number of aromatic nitrogens is 1. The van der Waals surface area contributed by atoms with Gasteiger partial charge in [0, 0.05) is 32.5 Å². The molecule has 1 unspecified atom stereocenters. The van der Waals surface area contributed by atoms with Crippen molar-refractivity contribution in [3.63, 3.8) is 0 Å². The van der Waals surface area contributed by atoms with Crippen molar-refractivity contribution in [3.8, 4) is 5.88 Å². The summed E-state index contributed by atoms with van der Waals surface area (Å²) in [4.78, 5) is 8.34. The molecule has 0 aliphatic carbocycles. The van der Waals surface area contributed by atoms with E-state index in [1.807, 2.05) is 6.92 Å². The van der Waals surface area contributed by atoms with Crippen molar-refractivity contribution >= 4 is 5.96 Å². The summed E-state index contributed by atoms with van der Waals surface area (Å²) >= 11 is 0. The van der Waals surface area contributed by atoms with Crippen molar-refractivity contribution in [1.82, 2.24) is 15.6 Å². The van der Waals surface area contributed by atoms with Gasteiger partial charge in [0.25, 0.3) is 0 Å². The standard InChI is InChI=1S/C18H29F3N4O2/c1-6-22-16(25-11-14(26-5)17(2,3)4)24-10-13-7-8-15(23-9-13)27-12-18(19,20)21/h7-9,14H,6,10-12H2,1-5H3,(H2,22,24,25). The van der Waals surface area contributed by atoms with E-state index in [1.54, 1.807) is 13.2 Å². The third kappa shape index (κ3) is 9.46. The number of alkyl halides is 3. The Labute approximate surface area is 158 Å². The molecular weight excluding hydrogens is 361 g/mol. The largest absolute Gasteiger partial charge is 0.468 e. The van der Waals surface area contributed by atoms with Crippen LogP contribution in [0, 0.1) is 5.41 Å². The minimum atomic E-state index is -4.38. The number of methoxy groups -OCH3 is 1. The molecule has 6 nitrogen and oxygen atoms in total. The molecule has 0 saturated carbocycles. The summed E-state index contributed by atoms with van der Waals surface area (Å²) in [5, 5.41) is 6.39. The molecule has 154 valence electrons. The maximum atomic E-state index is 12.1. The van der Waals surface area contributed by atoms with Crippen molar-refractivity contribution in [2.45, 2.75) is 46.5 Å². The first-order valence-electron chi connectivity index (χ1n) is 8.74. The van der Waals surface area contributed by atoms with E-state index in [-0.39, 0.29) is 17.4 Å². The number of hydrogen-bond acceptors (Lipinski definition) is 4. The van der Waals surface area contributed by atoms with Gasteiger partial charge in [0.05, 0.1) is 12.6 Å². The van der Waals surface area contributed by atoms with E-state index >= 15 is 0 Å². The molecule has 0 aliphatic rings. The molecule has 0 fully saturated rings. The van der Waals surface area contributed by atoms with Gasteiger partial charge in [0.15, 0.2) is 12.6 Å². The summed E-state index contributed by atoms with van der Waals surface area (Å²) in [5.74, 6) is 0.555. The maximum absolute atomic E-state index is 12.1. The normalized spacial score (nSPS) is 14.0. The first kappa shape index (κ1) is 23.0. The van der Waals surface area contributed by atoms with Gasteiger partial charge in [-0.1, -0.05) is 26.8 Å². The van der Waals surface area contributed by atoms with Crippen LogP contribution in [0.15, 0.2) is 23.3 Å². The zero-order valence-electron chi connectivity index (χ0n) is 16.5. The van der Waals surface area contributed by atoms with Crippen LogP contribution in [0.1, 0.15) is 33.3 Å². The zero-order valence-corrected chi connectivity index (χ0v) is 16.5. The maximum Gasteiger partial charge on any atom is 0.422 e. The molecule has 0 bridgehead atoms. The predicted molar refractivity (Wildman–Crippen MR) is 98.9 cm³/mol. The first-order chi connectivity index (χ1) is 12.5. The van der Waals surface area contributed by atoms with Gasteiger partial charge < -0.3 is 20.1 Å². The molecule has 0 aliphatic heterocycles. The number of nitrogens with zero attached hydrogens (tertiary/aromatic N) is 2. The Bertz CT molecular complexity index is 584. The topological polar surface area (TPSA) is 67.8 Å². The van der Waals surface area contributed by atoms with Gasteiger partial charge in [-0.3, -0.25) is 0 Å². The zero-order chi connectivity index (χ0) is 20.5. The average Bonchev–Trinajstić information content (AvgIpc) is 2.57. The van der Waals surface area contributed by atoms with Gasteiger partial charge in [-0.15, -0.1) is 0 Å². The molecule has 9 heteroatoms. The first-order valence-corrected chi connectivity index (χ1v) is 8.74. The number of aliphatic imine (C=N–C) groups is 1. The van der Waals surface area contributed by atoms with E-state index in [4.69, 9.17) is 4.74 Å². The summed E-state index contributed by atoms with van der Waals surface area (Å²) in [6.45, 7) is 8.51. The van der Waals surface area contributed by atoms with Crippen LogP contribution in [0.5, 0.6) is 5.88 Å². The Balaban J connectivity index is 2.64. The molecule has 0 aromatic carbocycles. The summed E-state index contributed by atoms with van der Waals surface area (Å²) in [5.41, 5.74) is 0.737. The van der Waals surface area contributed by atoms with Crippen molar-refractivity contribution < 1.29 is 22.6 Å². The van der Waals surface area contributed by atoms with Gasteiger partial charge >= 0.3 is 6.18 Å². The van der Waals surface area contributed by atoms with Crippen LogP contribution in [-0.4, -0.2) is 50.0 Å². The molecule has 1 aromatic rings. The van der Waals surface area contributed by atoms with Crippen LogP contribution < -0.4 is 15.4 Å². The highest BCUT2D eigenvalue weighted by Gasteiger charge is 2.28. The smallest absolute Gasteiger partial charge is 0.422 e. The van der Waals surface area contributed by atoms with Crippen LogP contribution in [0.3, 0.4) is 0 Å². The molecule has 0 radical (unpaired) electrons. The summed E-state index contributed by atoms with van der Waals surface area (Å²) in [7, 11) is 1.68. The number of guanidine groups is 1. The van der Waals surface area contributed by atoms with Gasteiger partial charge in [0.1, 0.15) is 0 Å². The fraction of sp³-hybridized carbons (Fsp3) is 0.667. The highest BCUT2D eigenvalue weighted by Crippen LogP contribution is 2.21. The fourth-order valence-corrected chi connectivity index (χ4v) is 2.19.